The van der Waals surface area contributed by atoms with Gasteiger partial charge in [-0.25, -0.2) is 9.37 Å². The van der Waals surface area contributed by atoms with Crippen LogP contribution in [0.1, 0.15) is 17.3 Å². The van der Waals surface area contributed by atoms with E-state index in [1.54, 1.807) is 18.2 Å². The number of hydrogen-bond acceptors (Lipinski definition) is 3. The summed E-state index contributed by atoms with van der Waals surface area (Å²) in [5.41, 5.74) is 0.503. The maximum atomic E-state index is 13.1. The lowest BCUT2D eigenvalue weighted by molar-refractivity contribution is 0.101. The highest BCUT2D eigenvalue weighted by molar-refractivity contribution is 9.10. The first-order valence-electron chi connectivity index (χ1n) is 5.15. The minimum absolute atomic E-state index is 0.0671. The molecule has 0 radical (unpaired) electrons. The van der Waals surface area contributed by atoms with Gasteiger partial charge in [0.05, 0.1) is 0 Å². The van der Waals surface area contributed by atoms with Crippen LogP contribution in [0.3, 0.4) is 0 Å². The summed E-state index contributed by atoms with van der Waals surface area (Å²) < 4.78 is 19.1. The molecule has 0 saturated heterocycles. The van der Waals surface area contributed by atoms with Crippen molar-refractivity contribution in [3.63, 3.8) is 0 Å². The molecule has 1 aromatic carbocycles. The minimum atomic E-state index is -0.403. The number of pyridine rings is 1. The molecular weight excluding hydrogens is 301 g/mol. The zero-order valence-corrected chi connectivity index (χ0v) is 11.1. The van der Waals surface area contributed by atoms with E-state index in [4.69, 9.17) is 4.74 Å². The Balaban J connectivity index is 2.20. The molecule has 0 N–H and O–H groups in total. The first-order chi connectivity index (χ1) is 8.54. The number of hydrogen-bond donors (Lipinski definition) is 0. The number of nitrogens with zero attached hydrogens (tertiary/aromatic N) is 1. The molecular formula is C13H9BrFNO2. The third-order valence-corrected chi connectivity index (χ3v) is 2.66. The largest absolute Gasteiger partial charge is 0.439 e. The summed E-state index contributed by atoms with van der Waals surface area (Å²) >= 11 is 3.17. The van der Waals surface area contributed by atoms with Gasteiger partial charge in [-0.05, 0) is 25.1 Å². The van der Waals surface area contributed by atoms with Gasteiger partial charge in [-0.3, -0.25) is 4.79 Å². The molecule has 18 heavy (non-hydrogen) atoms. The Morgan fingerprint density at radius 2 is 2.11 bits per heavy atom. The topological polar surface area (TPSA) is 39.2 Å². The number of carbonyl (C=O) groups excluding carboxylic acids is 1. The van der Waals surface area contributed by atoms with Crippen molar-refractivity contribution in [3.05, 3.63) is 52.4 Å². The lowest BCUT2D eigenvalue weighted by atomic mass is 10.2. The van der Waals surface area contributed by atoms with Gasteiger partial charge in [0.2, 0.25) is 5.88 Å². The monoisotopic (exact) mass is 309 g/mol. The molecule has 3 nitrogen and oxygen atoms in total. The summed E-state index contributed by atoms with van der Waals surface area (Å²) in [5, 5.41) is 0. The van der Waals surface area contributed by atoms with Gasteiger partial charge in [0, 0.05) is 28.4 Å². The van der Waals surface area contributed by atoms with Crippen molar-refractivity contribution < 1.29 is 13.9 Å². The van der Waals surface area contributed by atoms with Crippen LogP contribution in [0.2, 0.25) is 0 Å². The van der Waals surface area contributed by atoms with E-state index in [2.05, 4.69) is 20.9 Å². The first-order valence-corrected chi connectivity index (χ1v) is 5.95. The average Bonchev–Trinajstić information content (AvgIpc) is 2.28. The molecule has 0 atom stereocenters. The van der Waals surface area contributed by atoms with Crippen LogP contribution in [-0.4, -0.2) is 10.8 Å². The van der Waals surface area contributed by atoms with E-state index >= 15 is 0 Å². The molecule has 1 heterocycles. The number of ether oxygens (including phenoxy) is 1. The fourth-order valence-electron chi connectivity index (χ4n) is 1.36. The van der Waals surface area contributed by atoms with Crippen molar-refractivity contribution in [2.24, 2.45) is 0 Å². The predicted molar refractivity (Wildman–Crippen MR) is 68.4 cm³/mol. The molecule has 2 aromatic rings. The number of carbonyl (C=O) groups is 1. The normalized spacial score (nSPS) is 10.2. The zero-order chi connectivity index (χ0) is 13.1. The molecule has 0 aliphatic carbocycles. The molecule has 0 amide bonds. The molecule has 1 aromatic heterocycles. The lowest BCUT2D eigenvalue weighted by Gasteiger charge is -2.05. The van der Waals surface area contributed by atoms with Crippen LogP contribution < -0.4 is 4.74 Å². The third kappa shape index (κ3) is 3.13. The zero-order valence-electron chi connectivity index (χ0n) is 9.48. The van der Waals surface area contributed by atoms with Crippen LogP contribution in [-0.2, 0) is 0 Å². The van der Waals surface area contributed by atoms with Crippen LogP contribution in [0.25, 0.3) is 0 Å². The van der Waals surface area contributed by atoms with E-state index in [0.29, 0.717) is 21.7 Å². The highest BCUT2D eigenvalue weighted by Gasteiger charge is 2.04. The highest BCUT2D eigenvalue weighted by Crippen LogP contribution is 2.24. The van der Waals surface area contributed by atoms with Crippen molar-refractivity contribution >= 4 is 21.7 Å². The van der Waals surface area contributed by atoms with Crippen molar-refractivity contribution in [3.8, 4) is 11.6 Å². The second-order valence-electron chi connectivity index (χ2n) is 3.65. The first kappa shape index (κ1) is 12.7. The molecule has 0 unspecified atom stereocenters. The molecule has 0 fully saturated rings. The van der Waals surface area contributed by atoms with E-state index in [1.165, 1.54) is 25.3 Å². The summed E-state index contributed by atoms with van der Waals surface area (Å²) in [6, 6.07) is 7.39. The Bertz CT molecular complexity index is 564. The van der Waals surface area contributed by atoms with Gasteiger partial charge in [0.25, 0.3) is 0 Å². The predicted octanol–water partition coefficient (Wildman–Crippen LogP) is 3.98. The molecule has 5 heteroatoms. The molecule has 2 rings (SSSR count). The van der Waals surface area contributed by atoms with Crippen molar-refractivity contribution in [1.82, 2.24) is 4.98 Å². The van der Waals surface area contributed by atoms with Gasteiger partial charge in [-0.1, -0.05) is 15.9 Å². The summed E-state index contributed by atoms with van der Waals surface area (Å²) in [5.74, 6) is 0.171. The summed E-state index contributed by atoms with van der Waals surface area (Å²) in [6.45, 7) is 1.46. The van der Waals surface area contributed by atoms with Crippen LogP contribution >= 0.6 is 15.9 Å². The van der Waals surface area contributed by atoms with Crippen molar-refractivity contribution in [2.75, 3.05) is 0 Å². The number of Topliss-reactive ketones (excluding diaryl/α,β-unsaturated/α-hetero) is 1. The summed E-state index contributed by atoms with van der Waals surface area (Å²) in [7, 11) is 0. The van der Waals surface area contributed by atoms with Gasteiger partial charge in [0.1, 0.15) is 11.6 Å². The molecule has 0 bridgehead atoms. The minimum Gasteiger partial charge on any atom is -0.439 e. The standard InChI is InChI=1S/C13H9BrFNO2/c1-8(17)9-2-3-13(16-7-9)18-12-5-10(14)4-11(15)6-12/h2-7H,1H3. The number of ketones is 1. The maximum Gasteiger partial charge on any atom is 0.219 e. The molecule has 0 saturated carbocycles. The number of benzene rings is 1. The Morgan fingerprint density at radius 1 is 1.33 bits per heavy atom. The summed E-state index contributed by atoms with van der Waals surface area (Å²) in [6.07, 6.45) is 1.42. The highest BCUT2D eigenvalue weighted by atomic mass is 79.9. The van der Waals surface area contributed by atoms with Gasteiger partial charge in [0.15, 0.2) is 5.78 Å². The fraction of sp³-hybridized carbons (Fsp3) is 0.0769. The second kappa shape index (κ2) is 5.27. The number of aromatic nitrogens is 1. The second-order valence-corrected chi connectivity index (χ2v) is 4.56. The Labute approximate surface area is 112 Å². The van der Waals surface area contributed by atoms with Crippen LogP contribution in [0.4, 0.5) is 4.39 Å². The quantitative estimate of drug-likeness (QED) is 0.805. The summed E-state index contributed by atoms with van der Waals surface area (Å²) in [4.78, 5) is 15.0. The third-order valence-electron chi connectivity index (χ3n) is 2.20. The van der Waals surface area contributed by atoms with Gasteiger partial charge >= 0.3 is 0 Å². The van der Waals surface area contributed by atoms with Crippen molar-refractivity contribution in [2.45, 2.75) is 6.92 Å². The Hall–Kier alpha value is -1.75. The van der Waals surface area contributed by atoms with Gasteiger partial charge in [-0.15, -0.1) is 0 Å². The van der Waals surface area contributed by atoms with E-state index in [1.807, 2.05) is 0 Å². The fourth-order valence-corrected chi connectivity index (χ4v) is 1.80. The Morgan fingerprint density at radius 3 is 2.67 bits per heavy atom. The van der Waals surface area contributed by atoms with Gasteiger partial charge in [-0.2, -0.15) is 0 Å². The van der Waals surface area contributed by atoms with E-state index < -0.39 is 5.82 Å². The van der Waals surface area contributed by atoms with Crippen LogP contribution in [0.5, 0.6) is 11.6 Å². The SMILES string of the molecule is CC(=O)c1ccc(Oc2cc(F)cc(Br)c2)nc1. The smallest absolute Gasteiger partial charge is 0.219 e. The van der Waals surface area contributed by atoms with E-state index in [0.717, 1.165) is 0 Å². The lowest BCUT2D eigenvalue weighted by Crippen LogP contribution is -1.94. The van der Waals surface area contributed by atoms with Crippen LogP contribution in [0, 0.1) is 5.82 Å². The molecule has 92 valence electrons. The van der Waals surface area contributed by atoms with E-state index in [9.17, 15) is 9.18 Å². The Kier molecular flexibility index (Phi) is 3.72. The van der Waals surface area contributed by atoms with Crippen molar-refractivity contribution in [1.29, 1.82) is 0 Å². The molecule has 0 spiro atoms. The van der Waals surface area contributed by atoms with Gasteiger partial charge < -0.3 is 4.74 Å². The average molecular weight is 310 g/mol. The molecule has 0 aliphatic rings. The number of rotatable bonds is 3. The molecule has 0 aliphatic heterocycles. The van der Waals surface area contributed by atoms with Crippen LogP contribution in [0.15, 0.2) is 41.0 Å². The maximum absolute atomic E-state index is 13.1. The number of halogens is 2. The van der Waals surface area contributed by atoms with E-state index in [-0.39, 0.29) is 5.78 Å².